The van der Waals surface area contributed by atoms with Crippen molar-refractivity contribution >= 4 is 12.6 Å². The number of nitrogens with one attached hydrogen (secondary N) is 1. The monoisotopic (exact) mass is 414 g/mol. The standard InChI is InChI=1S/C21H28N4O2.CH2O2/c1-2-3-9-19-22-13-18(23-19)14-24-10-11-25-20(26)27-16-21(25,15-24)12-17-7-5-4-6-8-17;2-1-3/h4-8,13H,2-3,9-12,14-16H2,1H3,(H,22,23);1H,(H,2,3). The van der Waals surface area contributed by atoms with Gasteiger partial charge in [-0.1, -0.05) is 43.7 Å². The van der Waals surface area contributed by atoms with Crippen LogP contribution in [0.4, 0.5) is 4.79 Å². The number of unbranched alkanes of at least 4 members (excludes halogenated alkanes) is 1. The predicted octanol–water partition coefficient (Wildman–Crippen LogP) is 2.70. The third kappa shape index (κ3) is 5.18. The van der Waals surface area contributed by atoms with Gasteiger partial charge < -0.3 is 14.8 Å². The van der Waals surface area contributed by atoms with Gasteiger partial charge in [0, 0.05) is 50.9 Å². The van der Waals surface area contributed by atoms with E-state index in [1.54, 1.807) is 0 Å². The van der Waals surface area contributed by atoms with E-state index >= 15 is 0 Å². The van der Waals surface area contributed by atoms with Crippen LogP contribution in [-0.2, 0) is 28.9 Å². The molecule has 8 nitrogen and oxygen atoms in total. The lowest BCUT2D eigenvalue weighted by molar-refractivity contribution is -0.122. The van der Waals surface area contributed by atoms with Crippen LogP contribution in [0.5, 0.6) is 0 Å². The Morgan fingerprint density at radius 2 is 2.07 bits per heavy atom. The second kappa shape index (κ2) is 10.2. The van der Waals surface area contributed by atoms with Crippen molar-refractivity contribution in [1.29, 1.82) is 0 Å². The van der Waals surface area contributed by atoms with Crippen molar-refractivity contribution in [3.8, 4) is 0 Å². The van der Waals surface area contributed by atoms with Gasteiger partial charge in [0.2, 0.25) is 0 Å². The molecule has 2 aromatic rings. The number of H-pyrrole nitrogens is 1. The molecule has 2 N–H and O–H groups in total. The highest BCUT2D eigenvalue weighted by Crippen LogP contribution is 2.32. The van der Waals surface area contributed by atoms with Crippen molar-refractivity contribution in [1.82, 2.24) is 19.8 Å². The van der Waals surface area contributed by atoms with Crippen LogP contribution >= 0.6 is 0 Å². The van der Waals surface area contributed by atoms with E-state index in [2.05, 4.69) is 46.1 Å². The van der Waals surface area contributed by atoms with Crippen LogP contribution in [0.1, 0.15) is 36.8 Å². The van der Waals surface area contributed by atoms with Crippen LogP contribution in [0.3, 0.4) is 0 Å². The smallest absolute Gasteiger partial charge is 0.410 e. The number of piperazine rings is 1. The molecule has 0 saturated carbocycles. The minimum absolute atomic E-state index is 0.172. The number of carbonyl (C=O) groups excluding carboxylic acids is 1. The first-order valence-corrected chi connectivity index (χ1v) is 10.4. The van der Waals surface area contributed by atoms with Crippen molar-refractivity contribution < 1.29 is 19.4 Å². The highest BCUT2D eigenvalue weighted by molar-refractivity contribution is 5.71. The molecule has 2 saturated heterocycles. The van der Waals surface area contributed by atoms with E-state index < -0.39 is 0 Å². The first kappa shape index (κ1) is 21.8. The van der Waals surface area contributed by atoms with Crippen molar-refractivity contribution in [3.05, 3.63) is 53.6 Å². The van der Waals surface area contributed by atoms with E-state index in [9.17, 15) is 4.79 Å². The number of aromatic nitrogens is 2. The van der Waals surface area contributed by atoms with E-state index in [0.717, 1.165) is 50.4 Å². The van der Waals surface area contributed by atoms with E-state index in [0.29, 0.717) is 13.2 Å². The highest BCUT2D eigenvalue weighted by Gasteiger charge is 2.50. The van der Waals surface area contributed by atoms with Gasteiger partial charge in [0.25, 0.3) is 6.47 Å². The number of nitrogens with zero attached hydrogens (tertiary/aromatic N) is 3. The molecule has 2 aliphatic rings. The third-order valence-corrected chi connectivity index (χ3v) is 5.63. The lowest BCUT2D eigenvalue weighted by Gasteiger charge is -2.44. The van der Waals surface area contributed by atoms with Crippen LogP contribution in [0.15, 0.2) is 36.5 Å². The molecule has 4 rings (SSSR count). The average molecular weight is 415 g/mol. The molecule has 1 aromatic carbocycles. The molecule has 1 unspecified atom stereocenters. The maximum atomic E-state index is 12.2. The number of cyclic esters (lactones) is 1. The van der Waals surface area contributed by atoms with Crippen LogP contribution in [0, 0.1) is 0 Å². The Kier molecular flexibility index (Phi) is 7.46. The maximum Gasteiger partial charge on any atom is 0.410 e. The summed E-state index contributed by atoms with van der Waals surface area (Å²) in [7, 11) is 0. The Hall–Kier alpha value is -2.87. The Balaban J connectivity index is 0.000000806. The normalized spacial score (nSPS) is 20.8. The number of aryl methyl sites for hydroxylation is 1. The first-order chi connectivity index (χ1) is 14.6. The van der Waals surface area contributed by atoms with Gasteiger partial charge in [-0.2, -0.15) is 0 Å². The molecule has 0 spiro atoms. The summed E-state index contributed by atoms with van der Waals surface area (Å²) >= 11 is 0. The summed E-state index contributed by atoms with van der Waals surface area (Å²) in [6.45, 7) is 5.62. The van der Waals surface area contributed by atoms with E-state index in [4.69, 9.17) is 14.6 Å². The lowest BCUT2D eigenvalue weighted by Crippen LogP contribution is -2.62. The number of carboxylic acid groups (broad SMARTS) is 1. The Morgan fingerprint density at radius 3 is 2.80 bits per heavy atom. The fraction of sp³-hybridized carbons (Fsp3) is 0.500. The molecule has 3 heterocycles. The molecule has 1 atom stereocenters. The largest absolute Gasteiger partial charge is 0.483 e. The number of hydrogen-bond donors (Lipinski definition) is 2. The predicted molar refractivity (Wildman–Crippen MR) is 112 cm³/mol. The summed E-state index contributed by atoms with van der Waals surface area (Å²) in [4.78, 5) is 32.9. The van der Waals surface area contributed by atoms with Gasteiger partial charge in [0.15, 0.2) is 0 Å². The second-order valence-corrected chi connectivity index (χ2v) is 7.87. The highest BCUT2D eigenvalue weighted by atomic mass is 16.6. The minimum Gasteiger partial charge on any atom is -0.483 e. The summed E-state index contributed by atoms with van der Waals surface area (Å²) in [5, 5.41) is 6.89. The first-order valence-electron chi connectivity index (χ1n) is 10.4. The van der Waals surface area contributed by atoms with Gasteiger partial charge in [-0.15, -0.1) is 0 Å². The number of amides is 1. The van der Waals surface area contributed by atoms with Crippen molar-refractivity contribution in [2.45, 2.75) is 44.7 Å². The zero-order valence-electron chi connectivity index (χ0n) is 17.4. The number of imidazole rings is 1. The molecule has 0 aliphatic carbocycles. The molecular weight excluding hydrogens is 384 g/mol. The van der Waals surface area contributed by atoms with Crippen LogP contribution in [-0.4, -0.2) is 69.2 Å². The second-order valence-electron chi connectivity index (χ2n) is 7.87. The van der Waals surface area contributed by atoms with Crippen LogP contribution in [0.25, 0.3) is 0 Å². The lowest BCUT2D eigenvalue weighted by atomic mass is 9.88. The summed E-state index contributed by atoms with van der Waals surface area (Å²) in [6, 6.07) is 10.4. The summed E-state index contributed by atoms with van der Waals surface area (Å²) in [5.74, 6) is 1.07. The number of fused-ring (bicyclic) bond motifs is 1. The molecule has 2 aliphatic heterocycles. The van der Waals surface area contributed by atoms with Crippen LogP contribution in [0.2, 0.25) is 0 Å². The zero-order chi connectivity index (χ0) is 21.4. The topological polar surface area (TPSA) is 98.8 Å². The van der Waals surface area contributed by atoms with Gasteiger partial charge in [-0.3, -0.25) is 14.6 Å². The Bertz CT molecular complexity index is 826. The number of carbonyl (C=O) groups is 2. The fourth-order valence-electron chi connectivity index (χ4n) is 4.25. The molecule has 1 amide bonds. The van der Waals surface area contributed by atoms with Gasteiger partial charge >= 0.3 is 6.09 Å². The molecule has 0 radical (unpaired) electrons. The molecule has 162 valence electrons. The molecule has 30 heavy (non-hydrogen) atoms. The number of aromatic amines is 1. The van der Waals surface area contributed by atoms with Gasteiger partial charge in [-0.05, 0) is 12.0 Å². The number of ether oxygens (including phenoxy) is 1. The Labute approximate surface area is 176 Å². The number of hydrogen-bond acceptors (Lipinski definition) is 5. The summed E-state index contributed by atoms with van der Waals surface area (Å²) in [6.07, 6.45) is 5.94. The molecule has 2 fully saturated rings. The van der Waals surface area contributed by atoms with E-state index in [1.165, 1.54) is 12.0 Å². The zero-order valence-corrected chi connectivity index (χ0v) is 17.4. The van der Waals surface area contributed by atoms with Crippen molar-refractivity contribution in [3.63, 3.8) is 0 Å². The molecular formula is C22H30N4O4. The molecule has 8 heteroatoms. The minimum atomic E-state index is -0.276. The average Bonchev–Trinajstić information content (AvgIpc) is 3.32. The SMILES string of the molecule is CCCCc1ncc(CN2CCN3C(=O)OCC3(Cc3ccccc3)C2)[nH]1.O=CO. The third-order valence-electron chi connectivity index (χ3n) is 5.63. The number of rotatable bonds is 7. The van der Waals surface area contributed by atoms with E-state index in [-0.39, 0.29) is 18.1 Å². The molecule has 0 bridgehead atoms. The summed E-state index contributed by atoms with van der Waals surface area (Å²) in [5.41, 5.74) is 2.11. The van der Waals surface area contributed by atoms with Gasteiger partial charge in [-0.25, -0.2) is 9.78 Å². The van der Waals surface area contributed by atoms with Crippen molar-refractivity contribution in [2.24, 2.45) is 0 Å². The van der Waals surface area contributed by atoms with Gasteiger partial charge in [0.1, 0.15) is 12.4 Å². The number of benzene rings is 1. The van der Waals surface area contributed by atoms with Crippen molar-refractivity contribution in [2.75, 3.05) is 26.2 Å². The molecule has 1 aromatic heterocycles. The maximum absolute atomic E-state index is 12.2. The fourth-order valence-corrected chi connectivity index (χ4v) is 4.25. The van der Waals surface area contributed by atoms with Gasteiger partial charge in [0.05, 0.1) is 5.54 Å². The quantitative estimate of drug-likeness (QED) is 0.676. The van der Waals surface area contributed by atoms with Crippen LogP contribution < -0.4 is 0 Å². The summed E-state index contributed by atoms with van der Waals surface area (Å²) < 4.78 is 5.46. The van der Waals surface area contributed by atoms with E-state index in [1.807, 2.05) is 17.2 Å². The Morgan fingerprint density at radius 1 is 1.30 bits per heavy atom.